The van der Waals surface area contributed by atoms with Crippen molar-refractivity contribution < 1.29 is 14.0 Å². The van der Waals surface area contributed by atoms with Gasteiger partial charge in [-0.25, -0.2) is 9.38 Å². The zero-order chi connectivity index (χ0) is 24.9. The lowest BCUT2D eigenvalue weighted by Gasteiger charge is -2.19. The second-order valence-electron chi connectivity index (χ2n) is 8.48. The maximum atomic E-state index is 13.5. The van der Waals surface area contributed by atoms with Crippen LogP contribution in [0.3, 0.4) is 0 Å². The summed E-state index contributed by atoms with van der Waals surface area (Å²) in [4.78, 5) is 32.1. The first-order valence-corrected chi connectivity index (χ1v) is 12.3. The summed E-state index contributed by atoms with van der Waals surface area (Å²) in [5.41, 5.74) is 4.45. The number of aliphatic imine (C=N–C) groups is 1. The van der Waals surface area contributed by atoms with Gasteiger partial charge in [-0.15, -0.1) is 0 Å². The summed E-state index contributed by atoms with van der Waals surface area (Å²) >= 11 is 1.17. The number of hydrogen-bond acceptors (Lipinski definition) is 4. The van der Waals surface area contributed by atoms with Gasteiger partial charge < -0.3 is 5.32 Å². The van der Waals surface area contributed by atoms with Gasteiger partial charge in [0.05, 0.1) is 11.4 Å². The summed E-state index contributed by atoms with van der Waals surface area (Å²) in [6.07, 6.45) is 1.70. The minimum Gasteiger partial charge on any atom is -0.325 e. The number of aryl methyl sites for hydroxylation is 1. The zero-order valence-electron chi connectivity index (χ0n) is 19.8. The minimum absolute atomic E-state index is 0.0638. The third-order valence-corrected chi connectivity index (χ3v) is 6.48. The van der Waals surface area contributed by atoms with Crippen LogP contribution in [-0.2, 0) is 9.59 Å². The Labute approximate surface area is 208 Å². The number of halogens is 1. The first-order valence-electron chi connectivity index (χ1n) is 11.3. The average molecular weight is 488 g/mol. The molecule has 4 rings (SSSR count). The Kier molecular flexibility index (Phi) is 7.46. The molecule has 0 spiro atoms. The van der Waals surface area contributed by atoms with Crippen molar-refractivity contribution in [3.05, 3.63) is 101 Å². The van der Waals surface area contributed by atoms with Crippen LogP contribution in [0.2, 0.25) is 0 Å². The highest BCUT2D eigenvalue weighted by Crippen LogP contribution is 2.31. The number of para-hydroxylation sites is 1. The molecule has 1 heterocycles. The normalized spacial score (nSPS) is 14.5. The molecule has 0 aliphatic carbocycles. The van der Waals surface area contributed by atoms with Crippen LogP contribution in [0.25, 0.3) is 6.08 Å². The lowest BCUT2D eigenvalue weighted by molar-refractivity contribution is -0.114. The number of carbonyl (C=O) groups excluding carboxylic acids is 2. The molecule has 0 saturated heterocycles. The number of hydrogen-bond donors (Lipinski definition) is 1. The first-order chi connectivity index (χ1) is 16.8. The van der Waals surface area contributed by atoms with Crippen LogP contribution in [-0.4, -0.2) is 22.7 Å². The van der Waals surface area contributed by atoms with Crippen LogP contribution in [0.4, 0.5) is 15.8 Å². The molecule has 1 N–H and O–H groups in total. The number of thioether (sulfide) groups is 1. The Balaban J connectivity index is 1.57. The van der Waals surface area contributed by atoms with E-state index in [0.29, 0.717) is 10.9 Å². The highest BCUT2D eigenvalue weighted by atomic mass is 32.2. The van der Waals surface area contributed by atoms with Crippen molar-refractivity contribution in [3.8, 4) is 0 Å². The Hall–Kier alpha value is -3.71. The molecule has 178 valence electrons. The van der Waals surface area contributed by atoms with Crippen molar-refractivity contribution in [2.75, 3.05) is 16.0 Å². The molecule has 0 fully saturated rings. The van der Waals surface area contributed by atoms with E-state index >= 15 is 0 Å². The van der Waals surface area contributed by atoms with Crippen molar-refractivity contribution in [2.24, 2.45) is 4.99 Å². The summed E-state index contributed by atoms with van der Waals surface area (Å²) in [5.74, 6) is -0.598. The van der Waals surface area contributed by atoms with E-state index in [-0.39, 0.29) is 29.2 Å². The third-order valence-electron chi connectivity index (χ3n) is 5.54. The number of amidine groups is 1. The fraction of sp³-hybridized carbons (Fsp3) is 0.179. The molecule has 3 aromatic carbocycles. The first kappa shape index (κ1) is 24.4. The predicted molar refractivity (Wildman–Crippen MR) is 142 cm³/mol. The molecule has 0 aromatic heterocycles. The van der Waals surface area contributed by atoms with Crippen LogP contribution < -0.4 is 10.2 Å². The van der Waals surface area contributed by atoms with Crippen molar-refractivity contribution in [1.29, 1.82) is 0 Å². The van der Waals surface area contributed by atoms with Gasteiger partial charge in [-0.1, -0.05) is 74.1 Å². The van der Waals surface area contributed by atoms with E-state index in [4.69, 9.17) is 0 Å². The van der Waals surface area contributed by atoms with Crippen molar-refractivity contribution >= 4 is 46.2 Å². The number of amides is 2. The number of carbonyl (C=O) groups is 2. The monoisotopic (exact) mass is 487 g/mol. The highest BCUT2D eigenvalue weighted by Gasteiger charge is 2.32. The number of nitrogens with one attached hydrogen (secondary N) is 1. The largest absolute Gasteiger partial charge is 0.325 e. The maximum Gasteiger partial charge on any atom is 0.283 e. The quantitative estimate of drug-likeness (QED) is 0.411. The summed E-state index contributed by atoms with van der Waals surface area (Å²) in [6.45, 7) is 6.13. The van der Waals surface area contributed by atoms with Gasteiger partial charge in [0, 0.05) is 5.69 Å². The lowest BCUT2D eigenvalue weighted by atomic mass is 9.98. The molecule has 3 aromatic rings. The molecule has 0 saturated carbocycles. The van der Waals surface area contributed by atoms with E-state index in [1.54, 1.807) is 6.08 Å². The Morgan fingerprint density at radius 3 is 2.46 bits per heavy atom. The molecule has 1 aliphatic heterocycles. The topological polar surface area (TPSA) is 61.8 Å². The van der Waals surface area contributed by atoms with Crippen molar-refractivity contribution in [1.82, 2.24) is 0 Å². The second kappa shape index (κ2) is 10.7. The summed E-state index contributed by atoms with van der Waals surface area (Å²) in [6, 6.07) is 21.0. The smallest absolute Gasteiger partial charge is 0.283 e. The molecule has 0 atom stereocenters. The van der Waals surface area contributed by atoms with E-state index in [1.807, 2.05) is 55.5 Å². The molecule has 5 nitrogen and oxygen atoms in total. The molecule has 2 amide bonds. The van der Waals surface area contributed by atoms with E-state index < -0.39 is 5.82 Å². The summed E-state index contributed by atoms with van der Waals surface area (Å²) in [7, 11) is 0. The van der Waals surface area contributed by atoms with Gasteiger partial charge in [0.2, 0.25) is 5.91 Å². The second-order valence-corrected chi connectivity index (χ2v) is 9.42. The number of anilines is 2. The van der Waals surface area contributed by atoms with Crippen molar-refractivity contribution in [2.45, 2.75) is 26.7 Å². The zero-order valence-corrected chi connectivity index (χ0v) is 20.6. The van der Waals surface area contributed by atoms with Crippen molar-refractivity contribution in [3.63, 3.8) is 0 Å². The molecule has 0 unspecified atom stereocenters. The lowest BCUT2D eigenvalue weighted by Crippen LogP contribution is -2.31. The van der Waals surface area contributed by atoms with Gasteiger partial charge in [0.25, 0.3) is 5.91 Å². The van der Waals surface area contributed by atoms with Gasteiger partial charge in [-0.3, -0.25) is 14.5 Å². The van der Waals surface area contributed by atoms with Gasteiger partial charge >= 0.3 is 0 Å². The molecule has 35 heavy (non-hydrogen) atoms. The van der Waals surface area contributed by atoms with Gasteiger partial charge in [-0.2, -0.15) is 0 Å². The number of rotatable bonds is 6. The molecule has 0 radical (unpaired) electrons. The maximum absolute atomic E-state index is 13.5. The Bertz CT molecular complexity index is 1300. The van der Waals surface area contributed by atoms with Crippen LogP contribution in [0, 0.1) is 12.7 Å². The standard InChI is InChI=1S/C28H26FN3O2S/c1-18(2)23-11-7-8-19(3)26(23)31-25(33)17-35-28-30-24(16-20-9-5-4-6-10-20)27(34)32(28)22-14-12-21(29)13-15-22/h4-16,18H,17H2,1-3H3,(H,31,33). The fourth-order valence-corrected chi connectivity index (χ4v) is 4.58. The molecule has 1 aliphatic rings. The Morgan fingerprint density at radius 2 is 1.77 bits per heavy atom. The number of benzene rings is 3. The summed E-state index contributed by atoms with van der Waals surface area (Å²) in [5, 5.41) is 3.39. The van der Waals surface area contributed by atoms with E-state index in [0.717, 1.165) is 22.4 Å². The van der Waals surface area contributed by atoms with Gasteiger partial charge in [0.15, 0.2) is 5.17 Å². The molecule has 7 heteroatoms. The van der Waals surface area contributed by atoms with E-state index in [2.05, 4.69) is 24.2 Å². The Morgan fingerprint density at radius 1 is 1.06 bits per heavy atom. The van der Waals surface area contributed by atoms with Crippen LogP contribution in [0.15, 0.2) is 83.5 Å². The fourth-order valence-electron chi connectivity index (χ4n) is 3.77. The average Bonchev–Trinajstić information content (AvgIpc) is 3.15. The van der Waals surface area contributed by atoms with Gasteiger partial charge in [-0.05, 0) is 59.9 Å². The van der Waals surface area contributed by atoms with E-state index in [1.165, 1.54) is 40.9 Å². The summed E-state index contributed by atoms with van der Waals surface area (Å²) < 4.78 is 13.5. The molecular weight excluding hydrogens is 461 g/mol. The molecule has 0 bridgehead atoms. The van der Waals surface area contributed by atoms with Crippen LogP contribution in [0.5, 0.6) is 0 Å². The van der Waals surface area contributed by atoms with Crippen LogP contribution >= 0.6 is 11.8 Å². The predicted octanol–water partition coefficient (Wildman–Crippen LogP) is 6.37. The highest BCUT2D eigenvalue weighted by molar-refractivity contribution is 8.14. The van der Waals surface area contributed by atoms with E-state index in [9.17, 15) is 14.0 Å². The third kappa shape index (κ3) is 5.69. The van der Waals surface area contributed by atoms with Gasteiger partial charge in [0.1, 0.15) is 11.5 Å². The molecular formula is C28H26FN3O2S. The SMILES string of the molecule is Cc1cccc(C(C)C)c1NC(=O)CSC1=NC(=Cc2ccccc2)C(=O)N1c1ccc(F)cc1. The van der Waals surface area contributed by atoms with Crippen LogP contribution in [0.1, 0.15) is 36.5 Å². The minimum atomic E-state index is -0.398. The number of nitrogens with zero attached hydrogens (tertiary/aromatic N) is 2.